The number of thioether (sulfide) groups is 1. The van der Waals surface area contributed by atoms with Gasteiger partial charge in [-0.15, -0.1) is 11.8 Å². The molecule has 5 nitrogen and oxygen atoms in total. The number of amides is 3. The molecule has 1 spiro atoms. The van der Waals surface area contributed by atoms with Crippen molar-refractivity contribution in [3.63, 3.8) is 0 Å². The molecule has 2 aliphatic rings. The van der Waals surface area contributed by atoms with Gasteiger partial charge in [-0.25, -0.2) is 13.6 Å². The number of nitrogens with one attached hydrogen (secondary N) is 1. The Labute approximate surface area is 188 Å². The molecule has 2 aliphatic heterocycles. The van der Waals surface area contributed by atoms with Gasteiger partial charge in [-0.05, 0) is 48.0 Å². The molecule has 3 aromatic rings. The van der Waals surface area contributed by atoms with Crippen molar-refractivity contribution in [3.8, 4) is 0 Å². The summed E-state index contributed by atoms with van der Waals surface area (Å²) in [6, 6.07) is 18.6. The molecular formula is C24H19F2N3O2S. The van der Waals surface area contributed by atoms with Crippen molar-refractivity contribution in [1.29, 1.82) is 0 Å². The minimum atomic E-state index is -1.35. The van der Waals surface area contributed by atoms with Crippen molar-refractivity contribution >= 4 is 35.1 Å². The normalized spacial score (nSPS) is 19.5. The first kappa shape index (κ1) is 20.5. The van der Waals surface area contributed by atoms with E-state index in [2.05, 4.69) is 5.32 Å². The quantitative estimate of drug-likeness (QED) is 0.613. The lowest BCUT2D eigenvalue weighted by Crippen LogP contribution is -2.51. The molecule has 32 heavy (non-hydrogen) atoms. The lowest BCUT2D eigenvalue weighted by Gasteiger charge is -2.33. The number of nitrogens with zero attached hydrogens (tertiary/aromatic N) is 2. The van der Waals surface area contributed by atoms with Gasteiger partial charge in [-0.1, -0.05) is 30.3 Å². The fraction of sp³-hybridized carbons (Fsp3) is 0.167. The van der Waals surface area contributed by atoms with Crippen LogP contribution >= 0.6 is 11.8 Å². The smallest absolute Gasteiger partial charge is 0.308 e. The van der Waals surface area contributed by atoms with E-state index in [1.807, 2.05) is 6.07 Å². The predicted octanol–water partition coefficient (Wildman–Crippen LogP) is 4.95. The van der Waals surface area contributed by atoms with Crippen LogP contribution in [0, 0.1) is 11.6 Å². The van der Waals surface area contributed by atoms with Crippen LogP contribution in [0.5, 0.6) is 0 Å². The molecule has 5 rings (SSSR count). The number of fused-ring (bicyclic) bond motifs is 2. The Morgan fingerprint density at radius 3 is 2.47 bits per heavy atom. The first-order valence-corrected chi connectivity index (χ1v) is 11.1. The lowest BCUT2D eigenvalue weighted by atomic mass is 10.1. The Balaban J connectivity index is 1.53. The highest BCUT2D eigenvalue weighted by molar-refractivity contribution is 8.01. The molecule has 1 fully saturated rings. The summed E-state index contributed by atoms with van der Waals surface area (Å²) in [5.41, 5.74) is 2.34. The summed E-state index contributed by atoms with van der Waals surface area (Å²) < 4.78 is 27.6. The van der Waals surface area contributed by atoms with E-state index in [0.717, 1.165) is 5.56 Å². The van der Waals surface area contributed by atoms with Crippen LogP contribution in [0.2, 0.25) is 0 Å². The van der Waals surface area contributed by atoms with E-state index in [4.69, 9.17) is 0 Å². The molecule has 0 unspecified atom stereocenters. The van der Waals surface area contributed by atoms with E-state index in [-0.39, 0.29) is 18.3 Å². The molecule has 0 bridgehead atoms. The predicted molar refractivity (Wildman–Crippen MR) is 120 cm³/mol. The van der Waals surface area contributed by atoms with Crippen LogP contribution in [-0.2, 0) is 16.2 Å². The van der Waals surface area contributed by atoms with Gasteiger partial charge in [0.2, 0.25) is 0 Å². The van der Waals surface area contributed by atoms with Crippen molar-refractivity contribution in [2.45, 2.75) is 11.4 Å². The first-order chi connectivity index (χ1) is 15.5. The van der Waals surface area contributed by atoms with Gasteiger partial charge in [-0.3, -0.25) is 9.69 Å². The maximum absolute atomic E-state index is 14.3. The highest BCUT2D eigenvalue weighted by Gasteiger charge is 2.59. The lowest BCUT2D eigenvalue weighted by molar-refractivity contribution is -0.123. The van der Waals surface area contributed by atoms with Crippen molar-refractivity contribution < 1.29 is 18.4 Å². The molecule has 162 valence electrons. The van der Waals surface area contributed by atoms with Crippen LogP contribution in [0.25, 0.3) is 0 Å². The second kappa shape index (κ2) is 7.94. The van der Waals surface area contributed by atoms with Crippen LogP contribution in [0.3, 0.4) is 0 Å². The number of anilines is 2. The number of carbonyl (C=O) groups excluding carboxylic acids is 2. The van der Waals surface area contributed by atoms with Crippen LogP contribution in [0.15, 0.2) is 72.8 Å². The van der Waals surface area contributed by atoms with Gasteiger partial charge in [0.15, 0.2) is 4.87 Å². The van der Waals surface area contributed by atoms with Crippen molar-refractivity contribution in [1.82, 2.24) is 4.90 Å². The molecule has 0 aliphatic carbocycles. The SMILES string of the molecule is O=C(Nc1ccccc1)N1CCS[C@]12C(=O)N(Cc1ccc(F)cc1)c1ccc(F)cc12. The molecule has 2 heterocycles. The number of para-hydroxylation sites is 1. The second-order valence-corrected chi connectivity index (χ2v) is 8.91. The van der Waals surface area contributed by atoms with Crippen LogP contribution in [-0.4, -0.2) is 29.1 Å². The third-order valence-corrected chi connectivity index (χ3v) is 7.10. The summed E-state index contributed by atoms with van der Waals surface area (Å²) in [6.45, 7) is 0.531. The van der Waals surface area contributed by atoms with E-state index in [1.165, 1.54) is 40.9 Å². The topological polar surface area (TPSA) is 52.7 Å². The number of urea groups is 1. The van der Waals surface area contributed by atoms with Crippen LogP contribution < -0.4 is 10.2 Å². The summed E-state index contributed by atoms with van der Waals surface area (Å²) >= 11 is 1.32. The Morgan fingerprint density at radius 2 is 1.72 bits per heavy atom. The average molecular weight is 451 g/mol. The van der Waals surface area contributed by atoms with E-state index in [1.54, 1.807) is 47.4 Å². The Hall–Kier alpha value is -3.39. The number of hydrogen-bond donors (Lipinski definition) is 1. The average Bonchev–Trinajstić information content (AvgIpc) is 3.33. The Morgan fingerprint density at radius 1 is 1.00 bits per heavy atom. The van der Waals surface area contributed by atoms with Crippen LogP contribution in [0.1, 0.15) is 11.1 Å². The molecule has 3 aromatic carbocycles. The van der Waals surface area contributed by atoms with Gasteiger partial charge in [0.25, 0.3) is 5.91 Å². The second-order valence-electron chi connectivity index (χ2n) is 7.62. The number of halogens is 2. The van der Waals surface area contributed by atoms with Gasteiger partial charge >= 0.3 is 6.03 Å². The zero-order chi connectivity index (χ0) is 22.3. The zero-order valence-corrected chi connectivity index (χ0v) is 17.7. The summed E-state index contributed by atoms with van der Waals surface area (Å²) in [5, 5.41) is 2.84. The minimum Gasteiger partial charge on any atom is -0.308 e. The van der Waals surface area contributed by atoms with Gasteiger partial charge in [0.05, 0.1) is 12.2 Å². The monoisotopic (exact) mass is 451 g/mol. The summed E-state index contributed by atoms with van der Waals surface area (Å²) in [5.74, 6) is -0.618. The molecule has 3 amide bonds. The maximum Gasteiger partial charge on any atom is 0.323 e. The Bertz CT molecular complexity index is 1190. The Kier molecular flexibility index (Phi) is 5.09. The van der Waals surface area contributed by atoms with Crippen molar-refractivity contribution in [3.05, 3.63) is 95.6 Å². The molecule has 1 saturated heterocycles. The number of benzene rings is 3. The van der Waals surface area contributed by atoms with Gasteiger partial charge in [0, 0.05) is 23.5 Å². The van der Waals surface area contributed by atoms with Crippen molar-refractivity contribution in [2.24, 2.45) is 0 Å². The number of carbonyl (C=O) groups is 2. The van der Waals surface area contributed by atoms with Gasteiger partial charge in [0.1, 0.15) is 11.6 Å². The first-order valence-electron chi connectivity index (χ1n) is 10.1. The maximum atomic E-state index is 14.3. The standard InChI is InChI=1S/C24H19F2N3O2S/c25-17-8-6-16(7-9-17)15-28-21-11-10-18(26)14-20(21)24(22(28)30)29(12-13-32-24)23(31)27-19-4-2-1-3-5-19/h1-11,14H,12-13,15H2,(H,27,31)/t24-/m1/s1. The third kappa shape index (κ3) is 3.31. The molecule has 0 aromatic heterocycles. The van der Waals surface area contributed by atoms with Gasteiger partial charge < -0.3 is 10.2 Å². The largest absolute Gasteiger partial charge is 0.323 e. The summed E-state index contributed by atoms with van der Waals surface area (Å²) in [7, 11) is 0. The summed E-state index contributed by atoms with van der Waals surface area (Å²) in [6.07, 6.45) is 0. The fourth-order valence-electron chi connectivity index (χ4n) is 4.23. The van der Waals surface area contributed by atoms with E-state index in [0.29, 0.717) is 29.2 Å². The van der Waals surface area contributed by atoms with E-state index < -0.39 is 16.7 Å². The van der Waals surface area contributed by atoms with E-state index >= 15 is 0 Å². The molecular weight excluding hydrogens is 432 g/mol. The van der Waals surface area contributed by atoms with Gasteiger partial charge in [-0.2, -0.15) is 0 Å². The molecule has 0 saturated carbocycles. The fourth-order valence-corrected chi connectivity index (χ4v) is 5.68. The highest BCUT2D eigenvalue weighted by Crippen LogP contribution is 2.54. The molecule has 1 N–H and O–H groups in total. The number of rotatable bonds is 3. The van der Waals surface area contributed by atoms with E-state index in [9.17, 15) is 18.4 Å². The van der Waals surface area contributed by atoms with Crippen LogP contribution in [0.4, 0.5) is 25.0 Å². The van der Waals surface area contributed by atoms with Crippen molar-refractivity contribution in [2.75, 3.05) is 22.5 Å². The minimum absolute atomic E-state index is 0.189. The zero-order valence-electron chi connectivity index (χ0n) is 16.9. The molecule has 0 radical (unpaired) electrons. The highest BCUT2D eigenvalue weighted by atomic mass is 32.2. The molecule has 8 heteroatoms. The number of hydrogen-bond acceptors (Lipinski definition) is 3. The third-order valence-electron chi connectivity index (χ3n) is 5.68. The molecule has 1 atom stereocenters. The summed E-state index contributed by atoms with van der Waals surface area (Å²) in [4.78, 5) is 28.7.